The maximum Gasteiger partial charge on any atom is 0.492 e. The standard InChI is InChI=1S/C14H13BN2O2/c16-14(17)10-7-5-9(6-8-10)13-11-3-1-2-4-12(11)15(18)19-13/h1-8,13,18H,(H3,16,17). The predicted octanol–water partition coefficient (Wildman–Crippen LogP) is 0.778. The third kappa shape index (κ3) is 2.03. The summed E-state index contributed by atoms with van der Waals surface area (Å²) in [6.07, 6.45) is -0.271. The molecule has 3 rings (SSSR count). The minimum atomic E-state index is -0.881. The number of nitrogen functional groups attached to an aromatic ring is 1. The van der Waals surface area contributed by atoms with Crippen LogP contribution in [0.5, 0.6) is 0 Å². The molecule has 0 aliphatic carbocycles. The molecule has 1 aliphatic rings. The number of hydrogen-bond donors (Lipinski definition) is 3. The van der Waals surface area contributed by atoms with Crippen LogP contribution in [0.4, 0.5) is 0 Å². The summed E-state index contributed by atoms with van der Waals surface area (Å²) in [7, 11) is -0.881. The second-order valence-electron chi connectivity index (χ2n) is 4.53. The Balaban J connectivity index is 1.98. The van der Waals surface area contributed by atoms with Gasteiger partial charge >= 0.3 is 7.12 Å². The molecule has 0 amide bonds. The molecule has 1 aliphatic heterocycles. The van der Waals surface area contributed by atoms with Gasteiger partial charge in [-0.25, -0.2) is 0 Å². The summed E-state index contributed by atoms with van der Waals surface area (Å²) in [5.41, 5.74) is 8.83. The van der Waals surface area contributed by atoms with E-state index in [1.807, 2.05) is 36.4 Å². The van der Waals surface area contributed by atoms with Crippen molar-refractivity contribution in [2.45, 2.75) is 6.10 Å². The van der Waals surface area contributed by atoms with Gasteiger partial charge in [-0.05, 0) is 16.6 Å². The van der Waals surface area contributed by atoms with Crippen molar-refractivity contribution in [1.82, 2.24) is 0 Å². The molecule has 2 aromatic rings. The van der Waals surface area contributed by atoms with Gasteiger partial charge in [0.25, 0.3) is 0 Å². The van der Waals surface area contributed by atoms with Crippen molar-refractivity contribution in [3.05, 3.63) is 65.2 Å². The monoisotopic (exact) mass is 252 g/mol. The Labute approximate surface area is 111 Å². The minimum absolute atomic E-state index is 0.0410. The highest BCUT2D eigenvalue weighted by Crippen LogP contribution is 2.30. The maximum atomic E-state index is 9.88. The number of nitrogens with one attached hydrogen (secondary N) is 1. The Bertz CT molecular complexity index is 628. The highest BCUT2D eigenvalue weighted by Gasteiger charge is 2.35. The molecule has 0 saturated heterocycles. The molecule has 0 radical (unpaired) electrons. The summed E-state index contributed by atoms with van der Waals surface area (Å²) in [5.74, 6) is 0.0410. The van der Waals surface area contributed by atoms with E-state index in [0.29, 0.717) is 5.56 Å². The Morgan fingerprint density at radius 3 is 2.53 bits per heavy atom. The molecule has 1 unspecified atom stereocenters. The fraction of sp³-hybridized carbons (Fsp3) is 0.0714. The third-order valence-corrected chi connectivity index (χ3v) is 3.33. The van der Waals surface area contributed by atoms with Crippen LogP contribution < -0.4 is 11.2 Å². The first-order chi connectivity index (χ1) is 9.16. The normalized spacial score (nSPS) is 17.3. The summed E-state index contributed by atoms with van der Waals surface area (Å²) in [6.45, 7) is 0. The van der Waals surface area contributed by atoms with Crippen molar-refractivity contribution in [2.24, 2.45) is 5.73 Å². The van der Waals surface area contributed by atoms with E-state index in [0.717, 1.165) is 16.6 Å². The summed E-state index contributed by atoms with van der Waals surface area (Å²) >= 11 is 0. The number of hydrogen-bond acceptors (Lipinski definition) is 3. The zero-order valence-electron chi connectivity index (χ0n) is 10.2. The molecule has 0 saturated carbocycles. The van der Waals surface area contributed by atoms with Gasteiger partial charge in [0.2, 0.25) is 0 Å². The maximum absolute atomic E-state index is 9.88. The van der Waals surface area contributed by atoms with Gasteiger partial charge in [-0.3, -0.25) is 5.41 Å². The number of fused-ring (bicyclic) bond motifs is 1. The van der Waals surface area contributed by atoms with Crippen LogP contribution in [0.15, 0.2) is 48.5 Å². The largest absolute Gasteiger partial charge is 0.492 e. The fourth-order valence-electron chi connectivity index (χ4n) is 2.35. The lowest BCUT2D eigenvalue weighted by Gasteiger charge is -2.13. The van der Waals surface area contributed by atoms with Gasteiger partial charge in [0.1, 0.15) is 5.84 Å². The highest BCUT2D eigenvalue weighted by molar-refractivity contribution is 6.61. The molecule has 4 N–H and O–H groups in total. The summed E-state index contributed by atoms with van der Waals surface area (Å²) < 4.78 is 5.59. The molecular formula is C14H13BN2O2. The zero-order valence-corrected chi connectivity index (χ0v) is 10.2. The second-order valence-corrected chi connectivity index (χ2v) is 4.53. The first kappa shape index (κ1) is 12.0. The van der Waals surface area contributed by atoms with Gasteiger partial charge in [-0.1, -0.05) is 48.5 Å². The zero-order chi connectivity index (χ0) is 13.4. The number of rotatable bonds is 2. The summed E-state index contributed by atoms with van der Waals surface area (Å²) in [5, 5.41) is 17.3. The van der Waals surface area contributed by atoms with E-state index in [2.05, 4.69) is 0 Å². The van der Waals surface area contributed by atoms with Crippen LogP contribution in [0.2, 0.25) is 0 Å². The average Bonchev–Trinajstić information content (AvgIpc) is 2.77. The van der Waals surface area contributed by atoms with Crippen LogP contribution >= 0.6 is 0 Å². The van der Waals surface area contributed by atoms with Crippen molar-refractivity contribution in [1.29, 1.82) is 5.41 Å². The van der Waals surface area contributed by atoms with E-state index < -0.39 is 7.12 Å². The SMILES string of the molecule is N=C(N)c1ccc(C2OB(O)c3ccccc32)cc1. The first-order valence-corrected chi connectivity index (χ1v) is 6.03. The molecule has 4 nitrogen and oxygen atoms in total. The van der Waals surface area contributed by atoms with Crippen molar-refractivity contribution in [2.75, 3.05) is 0 Å². The van der Waals surface area contributed by atoms with E-state index in [9.17, 15) is 5.02 Å². The second kappa shape index (κ2) is 4.53. The van der Waals surface area contributed by atoms with E-state index in [-0.39, 0.29) is 11.9 Å². The highest BCUT2D eigenvalue weighted by atomic mass is 16.5. The average molecular weight is 252 g/mol. The van der Waals surface area contributed by atoms with Crippen molar-refractivity contribution < 1.29 is 9.68 Å². The Hall–Kier alpha value is -2.11. The van der Waals surface area contributed by atoms with E-state index in [4.69, 9.17) is 15.8 Å². The topological polar surface area (TPSA) is 79.3 Å². The minimum Gasteiger partial charge on any atom is -0.423 e. The van der Waals surface area contributed by atoms with Crippen LogP contribution in [0, 0.1) is 5.41 Å². The molecule has 94 valence electrons. The van der Waals surface area contributed by atoms with Gasteiger partial charge in [0.05, 0.1) is 6.10 Å². The van der Waals surface area contributed by atoms with E-state index in [1.165, 1.54) is 0 Å². The molecule has 1 heterocycles. The van der Waals surface area contributed by atoms with Gasteiger partial charge in [-0.15, -0.1) is 0 Å². The number of benzene rings is 2. The van der Waals surface area contributed by atoms with Gasteiger partial charge in [0, 0.05) is 5.56 Å². The van der Waals surface area contributed by atoms with Crippen LogP contribution in [0.1, 0.15) is 22.8 Å². The lowest BCUT2D eigenvalue weighted by atomic mass is 9.79. The third-order valence-electron chi connectivity index (χ3n) is 3.33. The Morgan fingerprint density at radius 2 is 1.84 bits per heavy atom. The van der Waals surface area contributed by atoms with Crippen LogP contribution in [0.25, 0.3) is 0 Å². The van der Waals surface area contributed by atoms with Crippen molar-refractivity contribution in [3.8, 4) is 0 Å². The number of nitrogens with two attached hydrogens (primary N) is 1. The molecule has 2 aromatic carbocycles. The van der Waals surface area contributed by atoms with Gasteiger partial charge in [-0.2, -0.15) is 0 Å². The predicted molar refractivity (Wildman–Crippen MR) is 74.4 cm³/mol. The fourth-order valence-corrected chi connectivity index (χ4v) is 2.35. The molecule has 0 bridgehead atoms. The molecule has 1 atom stereocenters. The van der Waals surface area contributed by atoms with Crippen molar-refractivity contribution >= 4 is 18.4 Å². The van der Waals surface area contributed by atoms with Crippen molar-refractivity contribution in [3.63, 3.8) is 0 Å². The van der Waals surface area contributed by atoms with Gasteiger partial charge < -0.3 is 15.4 Å². The van der Waals surface area contributed by atoms with Gasteiger partial charge in [0.15, 0.2) is 0 Å². The van der Waals surface area contributed by atoms with Crippen LogP contribution in [0.3, 0.4) is 0 Å². The molecular weight excluding hydrogens is 239 g/mol. The van der Waals surface area contributed by atoms with Crippen LogP contribution in [-0.4, -0.2) is 18.0 Å². The smallest absolute Gasteiger partial charge is 0.423 e. The Kier molecular flexibility index (Phi) is 2.85. The molecule has 0 spiro atoms. The number of amidine groups is 1. The molecule has 5 heteroatoms. The van der Waals surface area contributed by atoms with E-state index >= 15 is 0 Å². The molecule has 19 heavy (non-hydrogen) atoms. The molecule has 0 aromatic heterocycles. The Morgan fingerprint density at radius 1 is 1.16 bits per heavy atom. The molecule has 0 fully saturated rings. The van der Waals surface area contributed by atoms with E-state index in [1.54, 1.807) is 12.1 Å². The lowest BCUT2D eigenvalue weighted by molar-refractivity contribution is 0.226. The summed E-state index contributed by atoms with van der Waals surface area (Å²) in [6, 6.07) is 14.9. The lowest BCUT2D eigenvalue weighted by Crippen LogP contribution is -2.27. The van der Waals surface area contributed by atoms with Crippen LogP contribution in [-0.2, 0) is 4.65 Å². The quantitative estimate of drug-likeness (QED) is 0.419. The summed E-state index contributed by atoms with van der Waals surface area (Å²) in [4.78, 5) is 0. The first-order valence-electron chi connectivity index (χ1n) is 6.03.